The summed E-state index contributed by atoms with van der Waals surface area (Å²) < 4.78 is 0. The van der Waals surface area contributed by atoms with Gasteiger partial charge in [0.05, 0.1) is 0 Å². The summed E-state index contributed by atoms with van der Waals surface area (Å²) in [4.78, 5) is 11.3. The fourth-order valence-electron chi connectivity index (χ4n) is 2.54. The van der Waals surface area contributed by atoms with Gasteiger partial charge in [-0.15, -0.1) is 0 Å². The van der Waals surface area contributed by atoms with Crippen molar-refractivity contribution < 1.29 is 0 Å². The molecule has 0 aromatic carbocycles. The number of hydrazine groups is 1. The van der Waals surface area contributed by atoms with Gasteiger partial charge in [0.1, 0.15) is 17.5 Å². The van der Waals surface area contributed by atoms with E-state index in [2.05, 4.69) is 53.6 Å². The summed E-state index contributed by atoms with van der Waals surface area (Å²) in [5.74, 6) is 9.13. The Kier molecular flexibility index (Phi) is 5.36. The lowest BCUT2D eigenvalue weighted by atomic mass is 10.0. The van der Waals surface area contributed by atoms with Crippen LogP contribution in [0.1, 0.15) is 44.9 Å². The molecule has 21 heavy (non-hydrogen) atoms. The molecule has 1 aliphatic rings. The second-order valence-corrected chi connectivity index (χ2v) is 6.65. The SMILES string of the molecule is CC(C)CC(CN(C)C)Nc1cc(NN)nc(C2CC2)n1. The molecule has 1 aromatic heterocycles. The zero-order chi connectivity index (χ0) is 15.4. The third kappa shape index (κ3) is 5.13. The van der Waals surface area contributed by atoms with Crippen LogP contribution in [0.3, 0.4) is 0 Å². The topological polar surface area (TPSA) is 79.1 Å². The first-order valence-corrected chi connectivity index (χ1v) is 7.74. The molecule has 1 aromatic rings. The molecule has 6 heteroatoms. The Morgan fingerprint density at radius 2 is 1.95 bits per heavy atom. The largest absolute Gasteiger partial charge is 0.366 e. The number of hydrogen-bond donors (Lipinski definition) is 3. The van der Waals surface area contributed by atoms with Gasteiger partial charge in [0.2, 0.25) is 0 Å². The van der Waals surface area contributed by atoms with Crippen LogP contribution >= 0.6 is 0 Å². The van der Waals surface area contributed by atoms with Crippen LogP contribution in [-0.4, -0.2) is 41.5 Å². The van der Waals surface area contributed by atoms with Gasteiger partial charge in [-0.3, -0.25) is 0 Å². The van der Waals surface area contributed by atoms with Gasteiger partial charge in [-0.2, -0.15) is 0 Å². The van der Waals surface area contributed by atoms with E-state index in [0.717, 1.165) is 24.6 Å². The number of nitrogens with two attached hydrogens (primary N) is 1. The minimum absolute atomic E-state index is 0.368. The second-order valence-electron chi connectivity index (χ2n) is 6.65. The monoisotopic (exact) mass is 292 g/mol. The summed E-state index contributed by atoms with van der Waals surface area (Å²) in [5.41, 5.74) is 2.64. The standard InChI is InChI=1S/C15H28N6/c1-10(2)7-12(9-21(3)4)17-13-8-14(20-16)19-15(18-13)11-5-6-11/h8,10-12H,5-7,9,16H2,1-4H3,(H2,17,18,19,20). The van der Waals surface area contributed by atoms with Crippen molar-refractivity contribution in [2.24, 2.45) is 11.8 Å². The number of hydrogen-bond acceptors (Lipinski definition) is 6. The highest BCUT2D eigenvalue weighted by molar-refractivity contribution is 5.48. The summed E-state index contributed by atoms with van der Waals surface area (Å²) in [5, 5.41) is 3.55. The van der Waals surface area contributed by atoms with Crippen molar-refractivity contribution in [2.75, 3.05) is 31.4 Å². The molecule has 1 fully saturated rings. The Hall–Kier alpha value is -1.40. The molecule has 4 N–H and O–H groups in total. The summed E-state index contributed by atoms with van der Waals surface area (Å²) in [6.07, 6.45) is 3.47. The van der Waals surface area contributed by atoms with E-state index in [1.165, 1.54) is 12.8 Å². The Bertz CT molecular complexity index is 445. The summed E-state index contributed by atoms with van der Waals surface area (Å²) >= 11 is 0. The van der Waals surface area contributed by atoms with Gasteiger partial charge in [0.15, 0.2) is 0 Å². The third-order valence-corrected chi connectivity index (χ3v) is 3.53. The molecule has 0 spiro atoms. The summed E-state index contributed by atoms with van der Waals surface area (Å²) in [6, 6.07) is 2.25. The van der Waals surface area contributed by atoms with Crippen molar-refractivity contribution in [3.8, 4) is 0 Å². The highest BCUT2D eigenvalue weighted by Crippen LogP contribution is 2.38. The summed E-state index contributed by atoms with van der Waals surface area (Å²) in [6.45, 7) is 5.46. The van der Waals surface area contributed by atoms with Crippen LogP contribution in [0.4, 0.5) is 11.6 Å². The van der Waals surface area contributed by atoms with Crippen molar-refractivity contribution in [3.05, 3.63) is 11.9 Å². The number of rotatable bonds is 8. The van der Waals surface area contributed by atoms with Crippen molar-refractivity contribution in [1.29, 1.82) is 0 Å². The molecule has 1 unspecified atom stereocenters. The van der Waals surface area contributed by atoms with Gasteiger partial charge in [-0.1, -0.05) is 13.8 Å². The predicted molar refractivity (Wildman–Crippen MR) is 87.2 cm³/mol. The van der Waals surface area contributed by atoms with Crippen LogP contribution in [0.25, 0.3) is 0 Å². The van der Waals surface area contributed by atoms with Gasteiger partial charge in [0.25, 0.3) is 0 Å². The van der Waals surface area contributed by atoms with E-state index < -0.39 is 0 Å². The van der Waals surface area contributed by atoms with E-state index in [1.54, 1.807) is 0 Å². The normalized spacial score (nSPS) is 16.3. The molecule has 0 amide bonds. The highest BCUT2D eigenvalue weighted by Gasteiger charge is 2.27. The van der Waals surface area contributed by atoms with E-state index in [9.17, 15) is 0 Å². The molecular formula is C15H28N6. The maximum absolute atomic E-state index is 5.52. The smallest absolute Gasteiger partial charge is 0.145 e. The average molecular weight is 292 g/mol. The molecule has 6 nitrogen and oxygen atoms in total. The molecule has 1 saturated carbocycles. The van der Waals surface area contributed by atoms with Crippen molar-refractivity contribution >= 4 is 11.6 Å². The van der Waals surface area contributed by atoms with Crippen molar-refractivity contribution in [2.45, 2.75) is 45.1 Å². The molecule has 1 aliphatic carbocycles. The van der Waals surface area contributed by atoms with Crippen LogP contribution in [-0.2, 0) is 0 Å². The number of nitrogens with zero attached hydrogens (tertiary/aromatic N) is 3. The maximum atomic E-state index is 5.52. The number of nitrogen functional groups attached to an aromatic ring is 1. The molecule has 118 valence electrons. The molecule has 2 rings (SSSR count). The number of likely N-dealkylation sites (N-methyl/N-ethyl adjacent to an activating group) is 1. The minimum Gasteiger partial charge on any atom is -0.366 e. The first-order chi connectivity index (χ1) is 9.97. The molecule has 0 radical (unpaired) electrons. The number of anilines is 2. The van der Waals surface area contributed by atoms with E-state index in [0.29, 0.717) is 23.7 Å². The third-order valence-electron chi connectivity index (χ3n) is 3.53. The van der Waals surface area contributed by atoms with Gasteiger partial charge < -0.3 is 15.6 Å². The van der Waals surface area contributed by atoms with Gasteiger partial charge in [0, 0.05) is 24.6 Å². The lowest BCUT2D eigenvalue weighted by molar-refractivity contribution is 0.356. The molecule has 0 bridgehead atoms. The Labute approximate surface area is 127 Å². The number of nitrogens with one attached hydrogen (secondary N) is 2. The van der Waals surface area contributed by atoms with E-state index in [-0.39, 0.29) is 0 Å². The summed E-state index contributed by atoms with van der Waals surface area (Å²) in [7, 11) is 4.19. The lowest BCUT2D eigenvalue weighted by Gasteiger charge is -2.24. The lowest BCUT2D eigenvalue weighted by Crippen LogP contribution is -2.34. The van der Waals surface area contributed by atoms with Crippen LogP contribution in [0, 0.1) is 5.92 Å². The van der Waals surface area contributed by atoms with Gasteiger partial charge >= 0.3 is 0 Å². The van der Waals surface area contributed by atoms with Gasteiger partial charge in [-0.05, 0) is 39.3 Å². The minimum atomic E-state index is 0.368. The van der Waals surface area contributed by atoms with Crippen molar-refractivity contribution in [3.63, 3.8) is 0 Å². The van der Waals surface area contributed by atoms with Crippen LogP contribution < -0.4 is 16.6 Å². The highest BCUT2D eigenvalue weighted by atomic mass is 15.3. The van der Waals surface area contributed by atoms with Crippen molar-refractivity contribution in [1.82, 2.24) is 14.9 Å². The van der Waals surface area contributed by atoms with Crippen LogP contribution in [0.2, 0.25) is 0 Å². The molecule has 1 atom stereocenters. The Balaban J connectivity index is 2.12. The molecule has 0 aliphatic heterocycles. The molecular weight excluding hydrogens is 264 g/mol. The Morgan fingerprint density at radius 3 is 2.48 bits per heavy atom. The van der Waals surface area contributed by atoms with E-state index in [1.807, 2.05) is 6.07 Å². The average Bonchev–Trinajstić information content (AvgIpc) is 3.20. The van der Waals surface area contributed by atoms with E-state index >= 15 is 0 Å². The quantitative estimate of drug-likeness (QED) is 0.502. The molecule has 0 saturated heterocycles. The maximum Gasteiger partial charge on any atom is 0.145 e. The van der Waals surface area contributed by atoms with Crippen LogP contribution in [0.15, 0.2) is 6.07 Å². The molecule has 1 heterocycles. The number of aromatic nitrogens is 2. The second kappa shape index (κ2) is 7.04. The predicted octanol–water partition coefficient (Wildman–Crippen LogP) is 2.03. The zero-order valence-corrected chi connectivity index (χ0v) is 13.6. The zero-order valence-electron chi connectivity index (χ0n) is 13.6. The van der Waals surface area contributed by atoms with E-state index in [4.69, 9.17) is 5.84 Å². The van der Waals surface area contributed by atoms with Gasteiger partial charge in [-0.25, -0.2) is 15.8 Å². The van der Waals surface area contributed by atoms with Crippen LogP contribution in [0.5, 0.6) is 0 Å². The fourth-order valence-corrected chi connectivity index (χ4v) is 2.54. The Morgan fingerprint density at radius 1 is 1.29 bits per heavy atom. The first kappa shape index (κ1) is 16.0. The fraction of sp³-hybridized carbons (Fsp3) is 0.733. The first-order valence-electron chi connectivity index (χ1n) is 7.74.